The van der Waals surface area contributed by atoms with Crippen molar-refractivity contribution in [3.8, 4) is 6.07 Å². The van der Waals surface area contributed by atoms with Crippen LogP contribution in [0.25, 0.3) is 0 Å². The summed E-state index contributed by atoms with van der Waals surface area (Å²) in [6.45, 7) is 23.9. The van der Waals surface area contributed by atoms with Crippen LogP contribution >= 0.6 is 7.92 Å². The molecule has 0 radical (unpaired) electrons. The van der Waals surface area contributed by atoms with Crippen molar-refractivity contribution in [3.05, 3.63) is 18.6 Å². The van der Waals surface area contributed by atoms with Crippen LogP contribution in [0.2, 0.25) is 0 Å². The van der Waals surface area contributed by atoms with Crippen molar-refractivity contribution >= 4 is 15.5 Å². The summed E-state index contributed by atoms with van der Waals surface area (Å²) < 4.78 is 35.0. The van der Waals surface area contributed by atoms with E-state index in [1.165, 1.54) is 19.8 Å². The van der Waals surface area contributed by atoms with Gasteiger partial charge in [-0.1, -0.05) is 38.7 Å². The molecule has 3 aliphatic rings. The fourth-order valence-electron chi connectivity index (χ4n) is 5.55. The van der Waals surface area contributed by atoms with Crippen LogP contribution in [0, 0.1) is 47.5 Å². The Bertz CT molecular complexity index is 540. The zero-order chi connectivity index (χ0) is 26.3. The summed E-state index contributed by atoms with van der Waals surface area (Å²) in [6, 6.07) is 1.75. The summed E-state index contributed by atoms with van der Waals surface area (Å²) in [7, 11) is -3.76. The van der Waals surface area contributed by atoms with Crippen LogP contribution in [0.4, 0.5) is 12.9 Å². The molecular weight excluding hydrogens is 566 g/mol. The van der Waals surface area contributed by atoms with Gasteiger partial charge in [-0.3, -0.25) is 25.4 Å². The van der Waals surface area contributed by atoms with Crippen molar-refractivity contribution in [3.63, 3.8) is 0 Å². The number of allylic oxidation sites excluding steroid dienone is 2. The zero-order valence-corrected chi connectivity index (χ0v) is 26.1. The third-order valence-corrected chi connectivity index (χ3v) is 10.0. The van der Waals surface area contributed by atoms with Crippen molar-refractivity contribution in [2.45, 2.75) is 118 Å². The van der Waals surface area contributed by atoms with Crippen LogP contribution in [-0.2, 0) is 25.2 Å². The van der Waals surface area contributed by atoms with Crippen LogP contribution in [0.1, 0.15) is 89.0 Å². The number of nitriles is 1. The van der Waals surface area contributed by atoms with Gasteiger partial charge in [-0.2, -0.15) is 17.1 Å². The minimum absolute atomic E-state index is 0. The normalized spacial score (nSPS) is 24.5. The largest absolute Gasteiger partial charge is 2.00 e. The van der Waals surface area contributed by atoms with Crippen molar-refractivity contribution in [2.75, 3.05) is 0 Å². The number of nitrogens with zero attached hydrogens (tertiary/aromatic N) is 1. The molecule has 0 saturated heterocycles. The van der Waals surface area contributed by atoms with E-state index in [4.69, 9.17) is 10.00 Å². The first-order chi connectivity index (χ1) is 15.4. The molecule has 0 aromatic heterocycles. The van der Waals surface area contributed by atoms with Crippen LogP contribution < -0.4 is 4.70 Å². The van der Waals surface area contributed by atoms with E-state index in [-0.39, 0.29) is 33.0 Å². The number of ether oxygens (including phenoxy) is 1. The monoisotopic (exact) mass is 615 g/mol. The summed E-state index contributed by atoms with van der Waals surface area (Å²) in [4.78, 5) is 0. The van der Waals surface area contributed by atoms with Gasteiger partial charge in [0.15, 0.2) is 0 Å². The zero-order valence-electron chi connectivity index (χ0n) is 23.5. The molecule has 0 amide bonds. The van der Waals surface area contributed by atoms with Gasteiger partial charge >= 0.3 is 28.0 Å². The molecule has 3 rings (SSSR count). The van der Waals surface area contributed by atoms with E-state index in [1.54, 1.807) is 6.07 Å². The van der Waals surface area contributed by atoms with E-state index < -0.39 is 7.54 Å². The number of halogens is 4. The summed E-state index contributed by atoms with van der Waals surface area (Å²) in [5.74, 6) is 3.16. The standard InChI is InChI=1S/C13H18O.C9H21P.C2H3N.C2H6.BF3.FH.Pd/c1-8(2)14-13-7-9-6-12(13)11-5-3-4-10(9)11;1-7(2)10(8(3)4)9(5)6;1-2-3;1-2;2-1(3)4;;/h3,7-13H,5-6H2,1-2H3;7-9H,1-6H3;1H3;1-2H3;;1H;/q-2;;;;;;+2. The number of hydrogen-bond acceptors (Lipinski definition) is 2. The molecule has 0 aromatic carbocycles. The summed E-state index contributed by atoms with van der Waals surface area (Å²) in [6.07, 6.45) is 11.6. The van der Waals surface area contributed by atoms with Crippen molar-refractivity contribution in [1.82, 2.24) is 0 Å². The Morgan fingerprint density at radius 3 is 1.71 bits per heavy atom. The molecule has 5 atom stereocenters. The Morgan fingerprint density at radius 1 is 1.00 bits per heavy atom. The maximum atomic E-state index is 9.67. The number of fused-ring (bicyclic) bond motifs is 5. The maximum Gasteiger partial charge on any atom is 2.00 e. The Balaban J connectivity index is -0.000000203. The fraction of sp³-hybridized carbons (Fsp3) is 0.846. The predicted octanol–water partition coefficient (Wildman–Crippen LogP) is 5.49. The average Bonchev–Trinajstić information content (AvgIpc) is 3.35. The minimum Gasteiger partial charge on any atom is -1.00 e. The Kier molecular flexibility index (Phi) is 28.0. The van der Waals surface area contributed by atoms with Crippen LogP contribution in [0.5, 0.6) is 0 Å². The molecule has 35 heavy (non-hydrogen) atoms. The molecule has 3 aliphatic carbocycles. The van der Waals surface area contributed by atoms with Gasteiger partial charge in [-0.05, 0) is 61.3 Å². The third kappa shape index (κ3) is 16.5. The molecule has 0 N–H and O–H groups in total. The van der Waals surface area contributed by atoms with E-state index >= 15 is 0 Å². The van der Waals surface area contributed by atoms with Crippen LogP contribution in [0.3, 0.4) is 0 Å². The molecule has 0 aromatic rings. The molecule has 2 fully saturated rings. The van der Waals surface area contributed by atoms with Gasteiger partial charge in [0.2, 0.25) is 0 Å². The van der Waals surface area contributed by atoms with Gasteiger partial charge in [-0.15, -0.1) is 0 Å². The molecule has 5 unspecified atom stereocenters. The van der Waals surface area contributed by atoms with E-state index in [0.29, 0.717) is 12.2 Å². The van der Waals surface area contributed by atoms with E-state index in [9.17, 15) is 12.9 Å². The molecule has 0 heterocycles. The third-order valence-electron chi connectivity index (χ3n) is 6.01. The van der Waals surface area contributed by atoms with Crippen LogP contribution in [0.15, 0.2) is 6.08 Å². The van der Waals surface area contributed by atoms with Crippen molar-refractivity contribution < 1.29 is 42.8 Å². The van der Waals surface area contributed by atoms with Gasteiger partial charge in [0, 0.05) is 20.9 Å². The first-order valence-electron chi connectivity index (χ1n) is 12.5. The maximum absolute atomic E-state index is 9.67. The molecule has 0 aliphatic heterocycles. The molecule has 9 heteroatoms. The smallest absolute Gasteiger partial charge is 1.00 e. The van der Waals surface area contributed by atoms with Crippen LogP contribution in [-0.4, -0.2) is 36.7 Å². The van der Waals surface area contributed by atoms with Gasteiger partial charge in [0.1, 0.15) is 0 Å². The predicted molar refractivity (Wildman–Crippen MR) is 141 cm³/mol. The Hall–Kier alpha value is 0.0673. The summed E-state index contributed by atoms with van der Waals surface area (Å²) in [5, 5.41) is 7.32. The van der Waals surface area contributed by atoms with E-state index in [0.717, 1.165) is 40.6 Å². The quantitative estimate of drug-likeness (QED) is 0.177. The van der Waals surface area contributed by atoms with E-state index in [2.05, 4.69) is 74.0 Å². The second kappa shape index (κ2) is 23.2. The van der Waals surface area contributed by atoms with Gasteiger partial charge in [0.25, 0.3) is 0 Å². The second-order valence-corrected chi connectivity index (χ2v) is 14.1. The van der Waals surface area contributed by atoms with Gasteiger partial charge in [0.05, 0.1) is 23.0 Å². The second-order valence-electron chi connectivity index (χ2n) is 9.64. The summed E-state index contributed by atoms with van der Waals surface area (Å²) in [5.41, 5.74) is 2.81. The Morgan fingerprint density at radius 2 is 1.40 bits per heavy atom. The topological polar surface area (TPSA) is 33.0 Å². The fourth-order valence-corrected chi connectivity index (χ4v) is 9.55. The van der Waals surface area contributed by atoms with E-state index in [1.807, 2.05) is 13.8 Å². The molecule has 2 saturated carbocycles. The first-order valence-corrected chi connectivity index (χ1v) is 14.3. The number of hydrogen-bond donors (Lipinski definition) is 0. The molecule has 2 nitrogen and oxygen atoms in total. The first kappa shape index (κ1) is 42.2. The molecule has 210 valence electrons. The van der Waals surface area contributed by atoms with Crippen molar-refractivity contribution in [1.29, 1.82) is 5.26 Å². The van der Waals surface area contributed by atoms with Gasteiger partial charge < -0.3 is 15.5 Å². The van der Waals surface area contributed by atoms with Gasteiger partial charge in [-0.25, -0.2) is 0 Å². The number of rotatable bonds is 5. The summed E-state index contributed by atoms with van der Waals surface area (Å²) >= 11 is 0. The minimum atomic E-state index is -3.67. The SMILES string of the molecule is CC.CC#N.CC(C)OC1[CH-]C2CC1C1CC=[C-]C21.CC(C)[PH+](C(C)C)C(C)C.FB(F)F.[F-].[Pd+2]. The average molecular weight is 616 g/mol. The molecule has 2 bridgehead atoms. The Labute approximate surface area is 229 Å². The van der Waals surface area contributed by atoms with Crippen molar-refractivity contribution in [2.24, 2.45) is 23.7 Å². The molecular formula is C26H49BF4NOPPd. The molecule has 0 spiro atoms.